The second kappa shape index (κ2) is 4.94. The standard InChI is InChI=1S/C15H21N3O/c1-9-13(10(2)18-17-9)6-4-12-5-7-15-14(8-12)16-11(3)19-15/h5,7-10,13,17-18H,4,6H2,1-3H3. The number of nitrogens with one attached hydrogen (secondary N) is 2. The van der Waals surface area contributed by atoms with Crippen molar-refractivity contribution in [3.05, 3.63) is 29.7 Å². The highest BCUT2D eigenvalue weighted by Crippen LogP contribution is 2.23. The Morgan fingerprint density at radius 2 is 1.95 bits per heavy atom. The van der Waals surface area contributed by atoms with E-state index < -0.39 is 0 Å². The van der Waals surface area contributed by atoms with Crippen molar-refractivity contribution in [2.75, 3.05) is 0 Å². The van der Waals surface area contributed by atoms with Crippen molar-refractivity contribution in [2.45, 2.75) is 45.7 Å². The molecule has 1 aromatic heterocycles. The summed E-state index contributed by atoms with van der Waals surface area (Å²) in [5.74, 6) is 1.41. The second-order valence-corrected chi connectivity index (χ2v) is 5.60. The molecule has 1 saturated heterocycles. The molecular formula is C15H21N3O. The molecule has 0 amide bonds. The summed E-state index contributed by atoms with van der Waals surface area (Å²) >= 11 is 0. The first kappa shape index (κ1) is 12.6. The summed E-state index contributed by atoms with van der Waals surface area (Å²) in [7, 11) is 0. The number of hydrogen-bond donors (Lipinski definition) is 2. The zero-order valence-electron chi connectivity index (χ0n) is 11.7. The van der Waals surface area contributed by atoms with Crippen LogP contribution in [0.1, 0.15) is 31.7 Å². The van der Waals surface area contributed by atoms with Crippen LogP contribution in [0.2, 0.25) is 0 Å². The van der Waals surface area contributed by atoms with Crippen LogP contribution in [-0.4, -0.2) is 17.1 Å². The summed E-state index contributed by atoms with van der Waals surface area (Å²) in [5, 5.41) is 0. The topological polar surface area (TPSA) is 50.1 Å². The van der Waals surface area contributed by atoms with E-state index >= 15 is 0 Å². The van der Waals surface area contributed by atoms with Gasteiger partial charge >= 0.3 is 0 Å². The van der Waals surface area contributed by atoms with E-state index in [4.69, 9.17) is 4.42 Å². The van der Waals surface area contributed by atoms with Crippen molar-refractivity contribution in [3.63, 3.8) is 0 Å². The number of hydrazine groups is 1. The van der Waals surface area contributed by atoms with Gasteiger partial charge in [-0.3, -0.25) is 10.9 Å². The van der Waals surface area contributed by atoms with Gasteiger partial charge in [-0.15, -0.1) is 0 Å². The number of rotatable bonds is 3. The maximum absolute atomic E-state index is 5.50. The molecule has 0 aliphatic carbocycles. The van der Waals surface area contributed by atoms with Gasteiger partial charge in [-0.1, -0.05) is 6.07 Å². The summed E-state index contributed by atoms with van der Waals surface area (Å²) in [6.07, 6.45) is 2.27. The lowest BCUT2D eigenvalue weighted by Crippen LogP contribution is -2.30. The van der Waals surface area contributed by atoms with Crippen molar-refractivity contribution in [3.8, 4) is 0 Å². The Morgan fingerprint density at radius 3 is 2.68 bits per heavy atom. The van der Waals surface area contributed by atoms with Crippen molar-refractivity contribution >= 4 is 11.1 Å². The Labute approximate surface area is 113 Å². The van der Waals surface area contributed by atoms with Crippen LogP contribution in [0, 0.1) is 12.8 Å². The number of hydrogen-bond acceptors (Lipinski definition) is 4. The van der Waals surface area contributed by atoms with Gasteiger partial charge in [0.05, 0.1) is 0 Å². The van der Waals surface area contributed by atoms with E-state index in [1.807, 2.05) is 13.0 Å². The molecule has 0 spiro atoms. The second-order valence-electron chi connectivity index (χ2n) is 5.60. The van der Waals surface area contributed by atoms with Crippen LogP contribution in [0.15, 0.2) is 22.6 Å². The van der Waals surface area contributed by atoms with Crippen LogP contribution in [0.4, 0.5) is 0 Å². The van der Waals surface area contributed by atoms with Crippen molar-refractivity contribution in [2.24, 2.45) is 5.92 Å². The fraction of sp³-hybridized carbons (Fsp3) is 0.533. The molecule has 3 rings (SSSR count). The highest BCUT2D eigenvalue weighted by atomic mass is 16.3. The molecule has 4 heteroatoms. The Hall–Kier alpha value is -1.39. The molecule has 0 bridgehead atoms. The highest BCUT2D eigenvalue weighted by Gasteiger charge is 2.28. The van der Waals surface area contributed by atoms with Crippen LogP contribution in [0.5, 0.6) is 0 Å². The molecule has 1 fully saturated rings. The third-order valence-electron chi connectivity index (χ3n) is 4.15. The van der Waals surface area contributed by atoms with Gasteiger partial charge < -0.3 is 4.42 Å². The Balaban J connectivity index is 1.71. The van der Waals surface area contributed by atoms with Crippen molar-refractivity contribution in [1.82, 2.24) is 15.8 Å². The average Bonchev–Trinajstić information content (AvgIpc) is 2.89. The smallest absolute Gasteiger partial charge is 0.192 e. The van der Waals surface area contributed by atoms with Crippen LogP contribution in [0.25, 0.3) is 11.1 Å². The minimum Gasteiger partial charge on any atom is -0.441 e. The third kappa shape index (κ3) is 2.51. The van der Waals surface area contributed by atoms with E-state index in [1.165, 1.54) is 12.0 Å². The number of benzene rings is 1. The molecule has 1 aliphatic heterocycles. The number of fused-ring (bicyclic) bond motifs is 1. The van der Waals surface area contributed by atoms with Gasteiger partial charge in [0, 0.05) is 19.0 Å². The van der Waals surface area contributed by atoms with E-state index in [1.54, 1.807) is 0 Å². The lowest BCUT2D eigenvalue weighted by atomic mass is 9.90. The first-order valence-electron chi connectivity index (χ1n) is 7.00. The van der Waals surface area contributed by atoms with Gasteiger partial charge in [-0.2, -0.15) is 0 Å². The van der Waals surface area contributed by atoms with Gasteiger partial charge in [0.2, 0.25) is 0 Å². The van der Waals surface area contributed by atoms with E-state index in [-0.39, 0.29) is 0 Å². The van der Waals surface area contributed by atoms with Crippen LogP contribution in [-0.2, 0) is 6.42 Å². The minimum absolute atomic E-state index is 0.535. The SMILES string of the molecule is Cc1nc2cc(CCC3C(C)NNC3C)ccc2o1. The van der Waals surface area contributed by atoms with Gasteiger partial charge in [-0.05, 0) is 50.3 Å². The van der Waals surface area contributed by atoms with E-state index in [0.29, 0.717) is 18.0 Å². The summed E-state index contributed by atoms with van der Waals surface area (Å²) in [4.78, 5) is 4.39. The predicted molar refractivity (Wildman–Crippen MR) is 75.8 cm³/mol. The molecule has 2 unspecified atom stereocenters. The maximum Gasteiger partial charge on any atom is 0.192 e. The molecule has 102 valence electrons. The van der Waals surface area contributed by atoms with Gasteiger partial charge in [0.15, 0.2) is 11.5 Å². The summed E-state index contributed by atoms with van der Waals surface area (Å²) in [5.41, 5.74) is 9.82. The predicted octanol–water partition coefficient (Wildman–Crippen LogP) is 2.57. The van der Waals surface area contributed by atoms with Gasteiger partial charge in [-0.25, -0.2) is 4.98 Å². The van der Waals surface area contributed by atoms with E-state index in [0.717, 1.165) is 23.4 Å². The van der Waals surface area contributed by atoms with Crippen molar-refractivity contribution in [1.29, 1.82) is 0 Å². The zero-order valence-corrected chi connectivity index (χ0v) is 11.7. The molecule has 0 radical (unpaired) electrons. The normalized spacial score (nSPS) is 27.2. The Morgan fingerprint density at radius 1 is 1.21 bits per heavy atom. The number of aromatic nitrogens is 1. The summed E-state index contributed by atoms with van der Waals surface area (Å²) in [6, 6.07) is 7.40. The number of oxazole rings is 1. The average molecular weight is 259 g/mol. The number of aryl methyl sites for hydroxylation is 2. The first-order valence-corrected chi connectivity index (χ1v) is 7.00. The third-order valence-corrected chi connectivity index (χ3v) is 4.15. The molecule has 2 atom stereocenters. The van der Waals surface area contributed by atoms with Crippen LogP contribution < -0.4 is 10.9 Å². The molecular weight excluding hydrogens is 238 g/mol. The first-order chi connectivity index (χ1) is 9.13. The fourth-order valence-corrected chi connectivity index (χ4v) is 2.99. The monoisotopic (exact) mass is 259 g/mol. The van der Waals surface area contributed by atoms with Crippen LogP contribution >= 0.6 is 0 Å². The fourth-order valence-electron chi connectivity index (χ4n) is 2.99. The minimum atomic E-state index is 0.535. The largest absolute Gasteiger partial charge is 0.441 e. The van der Waals surface area contributed by atoms with Gasteiger partial charge in [0.25, 0.3) is 0 Å². The van der Waals surface area contributed by atoms with Crippen LogP contribution in [0.3, 0.4) is 0 Å². The lowest BCUT2D eigenvalue weighted by Gasteiger charge is -2.17. The Kier molecular flexibility index (Phi) is 3.29. The summed E-state index contributed by atoms with van der Waals surface area (Å²) in [6.45, 7) is 6.37. The Bertz CT molecular complexity index is 568. The molecule has 2 N–H and O–H groups in total. The van der Waals surface area contributed by atoms with Gasteiger partial charge in [0.1, 0.15) is 5.52 Å². The molecule has 0 saturated carbocycles. The van der Waals surface area contributed by atoms with E-state index in [2.05, 4.69) is 41.8 Å². The quantitative estimate of drug-likeness (QED) is 0.889. The maximum atomic E-state index is 5.50. The molecule has 1 aliphatic rings. The lowest BCUT2D eigenvalue weighted by molar-refractivity contribution is 0.414. The molecule has 4 nitrogen and oxygen atoms in total. The van der Waals surface area contributed by atoms with E-state index in [9.17, 15) is 0 Å². The number of nitrogens with zero attached hydrogens (tertiary/aromatic N) is 1. The molecule has 2 heterocycles. The van der Waals surface area contributed by atoms with Crippen molar-refractivity contribution < 1.29 is 4.42 Å². The highest BCUT2D eigenvalue weighted by molar-refractivity contribution is 5.73. The molecule has 19 heavy (non-hydrogen) atoms. The summed E-state index contributed by atoms with van der Waals surface area (Å²) < 4.78 is 5.50. The molecule has 1 aromatic carbocycles. The zero-order chi connectivity index (χ0) is 13.4. The molecule has 2 aromatic rings.